The van der Waals surface area contributed by atoms with E-state index in [0.29, 0.717) is 5.56 Å². The molecule has 2 unspecified atom stereocenters. The zero-order valence-corrected chi connectivity index (χ0v) is 17.1. The molecule has 7 nitrogen and oxygen atoms in total. The summed E-state index contributed by atoms with van der Waals surface area (Å²) in [5, 5.41) is 2.86. The molecule has 2 aliphatic rings. The van der Waals surface area contributed by atoms with Gasteiger partial charge in [-0.25, -0.2) is 16.8 Å². The van der Waals surface area contributed by atoms with Gasteiger partial charge in [0.1, 0.15) is 0 Å². The molecular weight excluding hydrogens is 388 g/mol. The number of amides is 1. The van der Waals surface area contributed by atoms with Crippen molar-refractivity contribution < 1.29 is 21.6 Å². The highest BCUT2D eigenvalue weighted by Gasteiger charge is 2.42. The molecule has 27 heavy (non-hydrogen) atoms. The first-order valence-electron chi connectivity index (χ1n) is 9.30. The van der Waals surface area contributed by atoms with Crippen LogP contribution in [0, 0.1) is 0 Å². The maximum atomic E-state index is 12.6. The number of nitrogens with zero attached hydrogens (tertiary/aromatic N) is 1. The molecule has 2 atom stereocenters. The molecule has 9 heteroatoms. The molecule has 2 aliphatic heterocycles. The smallest absolute Gasteiger partial charge is 0.251 e. The Bertz CT molecular complexity index is 888. The molecule has 2 fully saturated rings. The normalized spacial score (nSPS) is 26.0. The predicted octanol–water partition coefficient (Wildman–Crippen LogP) is 0.862. The molecule has 0 aromatic heterocycles. The number of hydrogen-bond acceptors (Lipinski definition) is 6. The molecule has 0 aliphatic carbocycles. The first-order chi connectivity index (χ1) is 12.7. The van der Waals surface area contributed by atoms with Crippen LogP contribution in [0.4, 0.5) is 0 Å². The van der Waals surface area contributed by atoms with Crippen molar-refractivity contribution >= 4 is 25.6 Å². The summed E-state index contributed by atoms with van der Waals surface area (Å²) in [6.45, 7) is 3.28. The molecule has 2 saturated heterocycles. The number of rotatable bonds is 5. The van der Waals surface area contributed by atoms with Crippen LogP contribution in [0.3, 0.4) is 0 Å². The Kier molecular flexibility index (Phi) is 5.93. The molecule has 3 rings (SSSR count). The van der Waals surface area contributed by atoms with E-state index >= 15 is 0 Å². The monoisotopic (exact) mass is 414 g/mol. The Balaban J connectivity index is 1.73. The Morgan fingerprint density at radius 2 is 1.74 bits per heavy atom. The fourth-order valence-corrected chi connectivity index (χ4v) is 6.65. The van der Waals surface area contributed by atoms with Gasteiger partial charge in [0, 0.05) is 11.6 Å². The molecule has 0 spiro atoms. The lowest BCUT2D eigenvalue weighted by atomic mass is 10.0. The minimum absolute atomic E-state index is 0.00398. The summed E-state index contributed by atoms with van der Waals surface area (Å²) in [7, 11) is -6.51. The van der Waals surface area contributed by atoms with E-state index < -0.39 is 25.7 Å². The summed E-state index contributed by atoms with van der Waals surface area (Å²) >= 11 is 0. The van der Waals surface area contributed by atoms with Crippen LogP contribution < -0.4 is 5.32 Å². The van der Waals surface area contributed by atoms with Crippen molar-refractivity contribution in [3.63, 3.8) is 0 Å². The minimum atomic E-state index is -3.32. The van der Waals surface area contributed by atoms with E-state index in [1.54, 1.807) is 6.92 Å². The number of carbonyl (C=O) groups excluding carboxylic acids is 1. The zero-order chi connectivity index (χ0) is 19.7. The Labute approximate surface area is 161 Å². The molecule has 1 aromatic carbocycles. The zero-order valence-electron chi connectivity index (χ0n) is 15.4. The SMILES string of the molecule is CCS(=O)(=O)c1ccc(C(=O)NC2CS(=O)(=O)CC2N2CCCCC2)cc1. The Hall–Kier alpha value is -1.45. The molecule has 2 heterocycles. The number of carbonyl (C=O) groups is 1. The molecular formula is C18H26N2O5S2. The van der Waals surface area contributed by atoms with Gasteiger partial charge in [0.25, 0.3) is 5.91 Å². The van der Waals surface area contributed by atoms with Crippen LogP contribution in [0.1, 0.15) is 36.5 Å². The summed E-state index contributed by atoms with van der Waals surface area (Å²) in [6, 6.07) is 5.13. The number of hydrogen-bond donors (Lipinski definition) is 1. The van der Waals surface area contributed by atoms with E-state index in [-0.39, 0.29) is 34.1 Å². The molecule has 1 N–H and O–H groups in total. The average molecular weight is 415 g/mol. The van der Waals surface area contributed by atoms with Crippen molar-refractivity contribution in [3.05, 3.63) is 29.8 Å². The summed E-state index contributed by atoms with van der Waals surface area (Å²) in [5.41, 5.74) is 0.326. The van der Waals surface area contributed by atoms with E-state index in [0.717, 1.165) is 32.4 Å². The highest BCUT2D eigenvalue weighted by atomic mass is 32.2. The van der Waals surface area contributed by atoms with Gasteiger partial charge >= 0.3 is 0 Å². The number of benzene rings is 1. The fraction of sp³-hybridized carbons (Fsp3) is 0.611. The van der Waals surface area contributed by atoms with Crippen LogP contribution in [0.15, 0.2) is 29.2 Å². The number of likely N-dealkylation sites (tertiary alicyclic amines) is 1. The van der Waals surface area contributed by atoms with E-state index in [1.165, 1.54) is 24.3 Å². The number of sulfone groups is 2. The minimum Gasteiger partial charge on any atom is -0.347 e. The van der Waals surface area contributed by atoms with Gasteiger partial charge in [0.2, 0.25) is 0 Å². The van der Waals surface area contributed by atoms with Crippen molar-refractivity contribution in [2.75, 3.05) is 30.3 Å². The summed E-state index contributed by atoms with van der Waals surface area (Å²) in [6.07, 6.45) is 3.25. The maximum absolute atomic E-state index is 12.6. The summed E-state index contributed by atoms with van der Waals surface area (Å²) in [4.78, 5) is 15.0. The first-order valence-corrected chi connectivity index (χ1v) is 12.8. The topological polar surface area (TPSA) is 101 Å². The first kappa shape index (κ1) is 20.3. The second-order valence-electron chi connectivity index (χ2n) is 7.25. The van der Waals surface area contributed by atoms with Gasteiger partial charge in [-0.05, 0) is 50.2 Å². The van der Waals surface area contributed by atoms with Crippen molar-refractivity contribution in [2.45, 2.75) is 43.2 Å². The van der Waals surface area contributed by atoms with Crippen LogP contribution in [0.25, 0.3) is 0 Å². The van der Waals surface area contributed by atoms with E-state index in [4.69, 9.17) is 0 Å². The molecule has 0 saturated carbocycles. The molecule has 0 radical (unpaired) electrons. The van der Waals surface area contributed by atoms with Gasteiger partial charge in [-0.2, -0.15) is 0 Å². The molecule has 1 aromatic rings. The highest BCUT2D eigenvalue weighted by molar-refractivity contribution is 7.91. The molecule has 0 bridgehead atoms. The number of piperidine rings is 1. The third-order valence-electron chi connectivity index (χ3n) is 5.35. The lowest BCUT2D eigenvalue weighted by Gasteiger charge is -2.35. The number of nitrogens with one attached hydrogen (secondary N) is 1. The molecule has 150 valence electrons. The van der Waals surface area contributed by atoms with Crippen LogP contribution in [-0.4, -0.2) is 70.1 Å². The van der Waals surface area contributed by atoms with Gasteiger partial charge < -0.3 is 5.32 Å². The van der Waals surface area contributed by atoms with E-state index in [2.05, 4.69) is 10.2 Å². The van der Waals surface area contributed by atoms with Gasteiger partial charge in [0.05, 0.1) is 28.2 Å². The van der Waals surface area contributed by atoms with Crippen LogP contribution in [0.2, 0.25) is 0 Å². The van der Waals surface area contributed by atoms with Crippen molar-refractivity contribution in [1.82, 2.24) is 10.2 Å². The second kappa shape index (κ2) is 7.89. The fourth-order valence-electron chi connectivity index (χ4n) is 3.81. The Morgan fingerprint density at radius 1 is 1.11 bits per heavy atom. The third kappa shape index (κ3) is 4.70. The lowest BCUT2D eigenvalue weighted by molar-refractivity contribution is 0.0900. The van der Waals surface area contributed by atoms with Gasteiger partial charge in [-0.1, -0.05) is 13.3 Å². The van der Waals surface area contributed by atoms with Gasteiger partial charge in [-0.3, -0.25) is 9.69 Å². The van der Waals surface area contributed by atoms with Crippen LogP contribution in [0.5, 0.6) is 0 Å². The predicted molar refractivity (Wildman–Crippen MR) is 103 cm³/mol. The Morgan fingerprint density at radius 3 is 2.33 bits per heavy atom. The van der Waals surface area contributed by atoms with E-state index in [9.17, 15) is 21.6 Å². The van der Waals surface area contributed by atoms with Crippen molar-refractivity contribution in [1.29, 1.82) is 0 Å². The van der Waals surface area contributed by atoms with Gasteiger partial charge in [-0.15, -0.1) is 0 Å². The average Bonchev–Trinajstić information content (AvgIpc) is 2.96. The van der Waals surface area contributed by atoms with E-state index in [1.807, 2.05) is 0 Å². The second-order valence-corrected chi connectivity index (χ2v) is 11.7. The van der Waals surface area contributed by atoms with Crippen molar-refractivity contribution in [3.8, 4) is 0 Å². The van der Waals surface area contributed by atoms with Crippen molar-refractivity contribution in [2.24, 2.45) is 0 Å². The summed E-state index contributed by atoms with van der Waals surface area (Å²) in [5.74, 6) is -0.358. The highest BCUT2D eigenvalue weighted by Crippen LogP contribution is 2.23. The lowest BCUT2D eigenvalue weighted by Crippen LogP contribution is -2.52. The third-order valence-corrected chi connectivity index (χ3v) is 8.82. The standard InChI is InChI=1S/C18H26N2O5S2/c1-2-27(24,25)15-8-6-14(7-9-15)18(21)19-16-12-26(22,23)13-17(16)20-10-4-3-5-11-20/h6-9,16-17H,2-5,10-13H2,1H3,(H,19,21). The quantitative estimate of drug-likeness (QED) is 0.767. The maximum Gasteiger partial charge on any atom is 0.251 e. The van der Waals surface area contributed by atoms with Crippen LogP contribution in [-0.2, 0) is 19.7 Å². The summed E-state index contributed by atoms with van der Waals surface area (Å²) < 4.78 is 48.1. The van der Waals surface area contributed by atoms with Crippen LogP contribution >= 0.6 is 0 Å². The van der Waals surface area contributed by atoms with Gasteiger partial charge in [0.15, 0.2) is 19.7 Å². The largest absolute Gasteiger partial charge is 0.347 e. The molecule has 1 amide bonds.